The number of benzene rings is 2. The number of hydrogen-bond donors (Lipinski definition) is 2. The second kappa shape index (κ2) is 8.57. The lowest BCUT2D eigenvalue weighted by Gasteiger charge is -2.22. The molecule has 2 amide bonds. The highest BCUT2D eigenvalue weighted by Gasteiger charge is 2.30. The average Bonchev–Trinajstić information content (AvgIpc) is 2.98. The van der Waals surface area contributed by atoms with Crippen molar-refractivity contribution in [2.45, 2.75) is 44.8 Å². The van der Waals surface area contributed by atoms with Gasteiger partial charge in [-0.05, 0) is 43.0 Å². The molecule has 0 radical (unpaired) electrons. The van der Waals surface area contributed by atoms with Gasteiger partial charge in [0.25, 0.3) is 0 Å². The van der Waals surface area contributed by atoms with Gasteiger partial charge in [-0.2, -0.15) is 0 Å². The number of carbonyl (C=O) groups excluding carboxylic acids is 3. The SMILES string of the molecule is CC(C)(C)OC(=O)C[C@H](NC(=O)OCC1c2ccccc2-c2ccccc21)C(N)=O. The highest BCUT2D eigenvalue weighted by molar-refractivity contribution is 5.88. The van der Waals surface area contributed by atoms with Gasteiger partial charge in [-0.1, -0.05) is 48.5 Å². The van der Waals surface area contributed by atoms with Crippen molar-refractivity contribution >= 4 is 18.0 Å². The summed E-state index contributed by atoms with van der Waals surface area (Å²) in [7, 11) is 0. The van der Waals surface area contributed by atoms with Crippen LogP contribution in [0.3, 0.4) is 0 Å². The molecule has 0 unspecified atom stereocenters. The molecule has 30 heavy (non-hydrogen) atoms. The van der Waals surface area contributed by atoms with E-state index in [2.05, 4.69) is 5.32 Å². The molecule has 1 aliphatic rings. The Hall–Kier alpha value is -3.35. The van der Waals surface area contributed by atoms with Crippen LogP contribution in [0.15, 0.2) is 48.5 Å². The van der Waals surface area contributed by atoms with E-state index in [-0.39, 0.29) is 18.9 Å². The standard InChI is InChI=1S/C23H26N2O5/c1-23(2,3)30-20(26)12-19(21(24)27)25-22(28)29-13-18-16-10-6-4-8-14(16)15-9-5-7-11-17(15)18/h4-11,18-19H,12-13H2,1-3H3,(H2,24,27)(H,25,28)/t19-/m0/s1. The first-order valence-electron chi connectivity index (χ1n) is 9.78. The van der Waals surface area contributed by atoms with Crippen LogP contribution in [-0.2, 0) is 19.1 Å². The summed E-state index contributed by atoms with van der Waals surface area (Å²) < 4.78 is 10.6. The minimum Gasteiger partial charge on any atom is -0.460 e. The van der Waals surface area contributed by atoms with Crippen molar-refractivity contribution in [2.24, 2.45) is 5.73 Å². The van der Waals surface area contributed by atoms with Crippen molar-refractivity contribution in [3.05, 3.63) is 59.7 Å². The Kier molecular flexibility index (Phi) is 6.10. The Morgan fingerprint density at radius 1 is 1.00 bits per heavy atom. The van der Waals surface area contributed by atoms with E-state index in [4.69, 9.17) is 15.2 Å². The fourth-order valence-corrected chi connectivity index (χ4v) is 3.55. The van der Waals surface area contributed by atoms with Gasteiger partial charge < -0.3 is 20.5 Å². The van der Waals surface area contributed by atoms with E-state index in [0.717, 1.165) is 22.3 Å². The van der Waals surface area contributed by atoms with E-state index in [1.165, 1.54) is 0 Å². The topological polar surface area (TPSA) is 108 Å². The Morgan fingerprint density at radius 3 is 2.03 bits per heavy atom. The van der Waals surface area contributed by atoms with Crippen LogP contribution < -0.4 is 11.1 Å². The predicted octanol–water partition coefficient (Wildman–Crippen LogP) is 3.11. The number of nitrogens with two attached hydrogens (primary N) is 1. The Balaban J connectivity index is 1.64. The molecular weight excluding hydrogens is 384 g/mol. The second-order valence-electron chi connectivity index (χ2n) is 8.22. The number of ether oxygens (including phenoxy) is 2. The van der Waals surface area contributed by atoms with Crippen LogP contribution in [0.1, 0.15) is 44.2 Å². The molecule has 0 bridgehead atoms. The molecule has 0 saturated heterocycles. The summed E-state index contributed by atoms with van der Waals surface area (Å²) in [6.45, 7) is 5.23. The van der Waals surface area contributed by atoms with Gasteiger partial charge in [-0.3, -0.25) is 9.59 Å². The smallest absolute Gasteiger partial charge is 0.407 e. The highest BCUT2D eigenvalue weighted by atomic mass is 16.6. The van der Waals surface area contributed by atoms with Gasteiger partial charge in [0.05, 0.1) is 6.42 Å². The van der Waals surface area contributed by atoms with Gasteiger partial charge in [0.15, 0.2) is 0 Å². The Morgan fingerprint density at radius 2 is 1.53 bits per heavy atom. The minimum absolute atomic E-state index is 0.0950. The van der Waals surface area contributed by atoms with Gasteiger partial charge in [0.2, 0.25) is 5.91 Å². The third kappa shape index (κ3) is 4.97. The van der Waals surface area contributed by atoms with E-state index in [9.17, 15) is 14.4 Å². The van der Waals surface area contributed by atoms with E-state index in [1.54, 1.807) is 20.8 Å². The number of hydrogen-bond acceptors (Lipinski definition) is 5. The van der Waals surface area contributed by atoms with Crippen molar-refractivity contribution in [1.29, 1.82) is 0 Å². The van der Waals surface area contributed by atoms with Crippen molar-refractivity contribution in [3.63, 3.8) is 0 Å². The average molecular weight is 410 g/mol. The zero-order valence-electron chi connectivity index (χ0n) is 17.3. The van der Waals surface area contributed by atoms with E-state index in [0.29, 0.717) is 0 Å². The summed E-state index contributed by atoms with van der Waals surface area (Å²) in [5, 5.41) is 2.37. The number of rotatable bonds is 6. The van der Waals surface area contributed by atoms with Crippen LogP contribution in [0.2, 0.25) is 0 Å². The number of alkyl carbamates (subject to hydrolysis) is 1. The first kappa shape index (κ1) is 21.4. The maximum Gasteiger partial charge on any atom is 0.407 e. The fourth-order valence-electron chi connectivity index (χ4n) is 3.55. The molecule has 0 aromatic heterocycles. The van der Waals surface area contributed by atoms with Gasteiger partial charge >= 0.3 is 12.1 Å². The molecule has 0 heterocycles. The summed E-state index contributed by atoms with van der Waals surface area (Å²) >= 11 is 0. The molecule has 0 saturated carbocycles. The molecule has 0 fully saturated rings. The highest BCUT2D eigenvalue weighted by Crippen LogP contribution is 2.44. The summed E-state index contributed by atoms with van der Waals surface area (Å²) in [6, 6.07) is 14.7. The van der Waals surface area contributed by atoms with Crippen LogP contribution in [0, 0.1) is 0 Å². The third-order valence-electron chi connectivity index (χ3n) is 4.77. The largest absolute Gasteiger partial charge is 0.460 e. The summed E-state index contributed by atoms with van der Waals surface area (Å²) in [5.41, 5.74) is 9.00. The molecule has 3 N–H and O–H groups in total. The van der Waals surface area contributed by atoms with Gasteiger partial charge in [-0.15, -0.1) is 0 Å². The molecule has 1 aliphatic carbocycles. The number of amides is 2. The molecular formula is C23H26N2O5. The molecule has 158 valence electrons. The molecule has 0 spiro atoms. The number of fused-ring (bicyclic) bond motifs is 3. The summed E-state index contributed by atoms with van der Waals surface area (Å²) in [6.07, 6.45) is -1.18. The normalized spacial score (nSPS) is 13.7. The zero-order valence-corrected chi connectivity index (χ0v) is 17.3. The fraction of sp³-hybridized carbons (Fsp3) is 0.348. The van der Waals surface area contributed by atoms with E-state index < -0.39 is 29.6 Å². The lowest BCUT2D eigenvalue weighted by atomic mass is 9.98. The van der Waals surface area contributed by atoms with Crippen LogP contribution >= 0.6 is 0 Å². The summed E-state index contributed by atoms with van der Waals surface area (Å²) in [4.78, 5) is 36.0. The van der Waals surface area contributed by atoms with Gasteiger partial charge in [-0.25, -0.2) is 4.79 Å². The van der Waals surface area contributed by atoms with Crippen LogP contribution in [0.5, 0.6) is 0 Å². The molecule has 3 rings (SSSR count). The van der Waals surface area contributed by atoms with Gasteiger partial charge in [0, 0.05) is 5.92 Å². The maximum absolute atomic E-state index is 12.3. The van der Waals surface area contributed by atoms with Crippen LogP contribution in [-0.4, -0.2) is 36.2 Å². The van der Waals surface area contributed by atoms with Crippen LogP contribution in [0.4, 0.5) is 4.79 Å². The Bertz CT molecular complexity index is 919. The number of nitrogens with one attached hydrogen (secondary N) is 1. The quantitative estimate of drug-likeness (QED) is 0.712. The molecule has 2 aromatic carbocycles. The van der Waals surface area contributed by atoms with Crippen LogP contribution in [0.25, 0.3) is 11.1 Å². The maximum atomic E-state index is 12.3. The number of esters is 1. The summed E-state index contributed by atoms with van der Waals surface area (Å²) in [5.74, 6) is -1.58. The molecule has 7 heteroatoms. The lowest BCUT2D eigenvalue weighted by Crippen LogP contribution is -2.46. The van der Waals surface area contributed by atoms with Crippen molar-refractivity contribution in [1.82, 2.24) is 5.32 Å². The van der Waals surface area contributed by atoms with Crippen molar-refractivity contribution < 1.29 is 23.9 Å². The minimum atomic E-state index is -1.21. The van der Waals surface area contributed by atoms with Crippen molar-refractivity contribution in [3.8, 4) is 11.1 Å². The first-order chi connectivity index (χ1) is 14.2. The molecule has 2 aromatic rings. The van der Waals surface area contributed by atoms with Gasteiger partial charge in [0.1, 0.15) is 18.2 Å². The monoisotopic (exact) mass is 410 g/mol. The van der Waals surface area contributed by atoms with Crippen molar-refractivity contribution in [2.75, 3.05) is 6.61 Å². The predicted molar refractivity (Wildman–Crippen MR) is 112 cm³/mol. The molecule has 1 atom stereocenters. The number of primary amides is 1. The second-order valence-corrected chi connectivity index (χ2v) is 8.22. The first-order valence-corrected chi connectivity index (χ1v) is 9.78. The molecule has 0 aliphatic heterocycles. The number of carbonyl (C=O) groups is 3. The van der Waals surface area contributed by atoms with E-state index in [1.807, 2.05) is 48.5 Å². The van der Waals surface area contributed by atoms with E-state index >= 15 is 0 Å². The molecule has 7 nitrogen and oxygen atoms in total. The zero-order chi connectivity index (χ0) is 21.9. The Labute approximate surface area is 175 Å². The third-order valence-corrected chi connectivity index (χ3v) is 4.77. The lowest BCUT2D eigenvalue weighted by molar-refractivity contribution is -0.156.